The van der Waals surface area contributed by atoms with Crippen molar-refractivity contribution < 1.29 is 14.3 Å². The molecule has 0 bridgehead atoms. The molecule has 5 nitrogen and oxygen atoms in total. The van der Waals surface area contributed by atoms with Crippen LogP contribution >= 0.6 is 0 Å². The lowest BCUT2D eigenvalue weighted by Gasteiger charge is -2.31. The molecule has 1 rings (SSSR count). The van der Waals surface area contributed by atoms with Gasteiger partial charge < -0.3 is 20.1 Å². The molecule has 1 saturated carbocycles. The Bertz CT molecular complexity index is 289. The normalized spacial score (nSPS) is 23.4. The number of methoxy groups -OCH3 is 1. The van der Waals surface area contributed by atoms with Crippen molar-refractivity contribution in [2.45, 2.75) is 70.6 Å². The van der Waals surface area contributed by atoms with Gasteiger partial charge in [0, 0.05) is 19.7 Å². The van der Waals surface area contributed by atoms with Crippen molar-refractivity contribution in [3.8, 4) is 0 Å². The van der Waals surface area contributed by atoms with Gasteiger partial charge in [0.2, 0.25) is 0 Å². The average Bonchev–Trinajstić information content (AvgIpc) is 2.36. The first-order valence-corrected chi connectivity index (χ1v) is 7.65. The van der Waals surface area contributed by atoms with Crippen LogP contribution in [0.3, 0.4) is 0 Å². The van der Waals surface area contributed by atoms with Gasteiger partial charge in [0.15, 0.2) is 0 Å². The molecule has 1 aliphatic carbocycles. The lowest BCUT2D eigenvalue weighted by Crippen LogP contribution is -2.44. The van der Waals surface area contributed by atoms with Gasteiger partial charge in [-0.05, 0) is 46.6 Å². The predicted molar refractivity (Wildman–Crippen MR) is 79.9 cm³/mol. The first-order valence-electron chi connectivity index (χ1n) is 7.65. The smallest absolute Gasteiger partial charge is 0.407 e. The zero-order valence-corrected chi connectivity index (χ0v) is 13.3. The Morgan fingerprint density at radius 1 is 1.20 bits per heavy atom. The molecule has 0 aromatic rings. The van der Waals surface area contributed by atoms with E-state index in [2.05, 4.69) is 10.6 Å². The van der Waals surface area contributed by atoms with Gasteiger partial charge >= 0.3 is 6.09 Å². The van der Waals surface area contributed by atoms with Gasteiger partial charge in [-0.2, -0.15) is 0 Å². The van der Waals surface area contributed by atoms with Crippen LogP contribution in [0.2, 0.25) is 0 Å². The number of alkyl carbamates (subject to hydrolysis) is 1. The first-order chi connectivity index (χ1) is 9.42. The average molecular weight is 286 g/mol. The molecule has 0 aliphatic heterocycles. The van der Waals surface area contributed by atoms with Crippen LogP contribution in [-0.2, 0) is 9.47 Å². The van der Waals surface area contributed by atoms with Gasteiger partial charge in [0.1, 0.15) is 5.60 Å². The van der Waals surface area contributed by atoms with Crippen LogP contribution in [0.1, 0.15) is 52.9 Å². The molecule has 1 amide bonds. The Hall–Kier alpha value is -0.810. The summed E-state index contributed by atoms with van der Waals surface area (Å²) in [4.78, 5) is 11.4. The van der Waals surface area contributed by atoms with E-state index in [4.69, 9.17) is 9.47 Å². The largest absolute Gasteiger partial charge is 0.444 e. The van der Waals surface area contributed by atoms with Crippen LogP contribution in [0.5, 0.6) is 0 Å². The van der Waals surface area contributed by atoms with Crippen molar-refractivity contribution in [2.24, 2.45) is 0 Å². The van der Waals surface area contributed by atoms with Crippen molar-refractivity contribution >= 4 is 6.09 Å². The molecular weight excluding hydrogens is 256 g/mol. The molecule has 20 heavy (non-hydrogen) atoms. The van der Waals surface area contributed by atoms with E-state index >= 15 is 0 Å². The van der Waals surface area contributed by atoms with Gasteiger partial charge in [-0.1, -0.05) is 12.8 Å². The van der Waals surface area contributed by atoms with E-state index in [9.17, 15) is 4.79 Å². The third-order valence-corrected chi connectivity index (χ3v) is 3.43. The minimum absolute atomic E-state index is 0.336. The highest BCUT2D eigenvalue weighted by atomic mass is 16.6. The molecule has 1 aliphatic rings. The summed E-state index contributed by atoms with van der Waals surface area (Å²) >= 11 is 0. The molecule has 0 aromatic carbocycles. The fourth-order valence-electron chi connectivity index (χ4n) is 2.49. The zero-order valence-electron chi connectivity index (χ0n) is 13.3. The summed E-state index contributed by atoms with van der Waals surface area (Å²) < 4.78 is 10.7. The van der Waals surface area contributed by atoms with Crippen molar-refractivity contribution in [3.63, 3.8) is 0 Å². The minimum atomic E-state index is -0.434. The summed E-state index contributed by atoms with van der Waals surface area (Å²) in [5, 5.41) is 6.30. The fourth-order valence-corrected chi connectivity index (χ4v) is 2.49. The quantitative estimate of drug-likeness (QED) is 0.736. The van der Waals surface area contributed by atoms with Gasteiger partial charge in [0.05, 0.1) is 6.10 Å². The fraction of sp³-hybridized carbons (Fsp3) is 0.933. The predicted octanol–water partition coefficient (Wildman–Crippen LogP) is 2.45. The number of rotatable bonds is 6. The third kappa shape index (κ3) is 7.10. The van der Waals surface area contributed by atoms with E-state index in [0.717, 1.165) is 19.4 Å². The zero-order chi connectivity index (χ0) is 15.0. The number of hydrogen-bond donors (Lipinski definition) is 2. The van der Waals surface area contributed by atoms with Crippen molar-refractivity contribution in [1.82, 2.24) is 10.6 Å². The molecule has 0 aromatic heterocycles. The summed E-state index contributed by atoms with van der Waals surface area (Å²) in [6.45, 7) is 7.11. The topological polar surface area (TPSA) is 59.6 Å². The molecule has 2 atom stereocenters. The highest BCUT2D eigenvalue weighted by Crippen LogP contribution is 2.20. The van der Waals surface area contributed by atoms with Crippen LogP contribution in [0.25, 0.3) is 0 Å². The maximum absolute atomic E-state index is 11.4. The van der Waals surface area contributed by atoms with E-state index < -0.39 is 5.60 Å². The van der Waals surface area contributed by atoms with E-state index in [1.807, 2.05) is 20.8 Å². The Balaban J connectivity index is 2.08. The molecule has 0 radical (unpaired) electrons. The summed E-state index contributed by atoms with van der Waals surface area (Å²) in [6, 6.07) is 0.454. The summed E-state index contributed by atoms with van der Waals surface area (Å²) in [5.41, 5.74) is -0.434. The lowest BCUT2D eigenvalue weighted by atomic mass is 9.92. The van der Waals surface area contributed by atoms with Gasteiger partial charge in [-0.3, -0.25) is 0 Å². The minimum Gasteiger partial charge on any atom is -0.444 e. The van der Waals surface area contributed by atoms with Crippen molar-refractivity contribution in [2.75, 3.05) is 20.2 Å². The van der Waals surface area contributed by atoms with Gasteiger partial charge in [-0.25, -0.2) is 4.79 Å². The van der Waals surface area contributed by atoms with E-state index in [1.165, 1.54) is 19.3 Å². The number of carbonyl (C=O) groups is 1. The maximum atomic E-state index is 11.4. The van der Waals surface area contributed by atoms with Gasteiger partial charge in [-0.15, -0.1) is 0 Å². The number of ether oxygens (including phenoxy) is 2. The Labute approximate surface area is 122 Å². The number of carbonyl (C=O) groups excluding carboxylic acids is 1. The van der Waals surface area contributed by atoms with Crippen LogP contribution in [0.15, 0.2) is 0 Å². The standard InChI is InChI=1S/C15H30N2O3/c1-15(2,3)20-14(18)17-11-7-10-16-12-8-5-6-9-13(12)19-4/h12-13,16H,5-11H2,1-4H3,(H,17,18). The van der Waals surface area contributed by atoms with Crippen LogP contribution in [-0.4, -0.2) is 44.0 Å². The third-order valence-electron chi connectivity index (χ3n) is 3.43. The second kappa shape index (κ2) is 8.47. The Kier molecular flexibility index (Phi) is 7.30. The van der Waals surface area contributed by atoms with E-state index in [1.54, 1.807) is 7.11 Å². The molecule has 1 fully saturated rings. The second-order valence-corrected chi connectivity index (χ2v) is 6.40. The van der Waals surface area contributed by atoms with Crippen LogP contribution < -0.4 is 10.6 Å². The molecular formula is C15H30N2O3. The number of hydrogen-bond acceptors (Lipinski definition) is 4. The SMILES string of the molecule is COC1CCCCC1NCCCNC(=O)OC(C)(C)C. The van der Waals surface area contributed by atoms with Gasteiger partial charge in [0.25, 0.3) is 0 Å². The molecule has 2 N–H and O–H groups in total. The van der Waals surface area contributed by atoms with Crippen molar-refractivity contribution in [3.05, 3.63) is 0 Å². The first kappa shape index (κ1) is 17.2. The highest BCUT2D eigenvalue weighted by Gasteiger charge is 2.23. The number of amides is 1. The van der Waals surface area contributed by atoms with Crippen LogP contribution in [0, 0.1) is 0 Å². The Morgan fingerprint density at radius 2 is 1.90 bits per heavy atom. The Morgan fingerprint density at radius 3 is 2.55 bits per heavy atom. The van der Waals surface area contributed by atoms with Crippen LogP contribution in [0.4, 0.5) is 4.79 Å². The molecule has 0 heterocycles. The molecule has 5 heteroatoms. The summed E-state index contributed by atoms with van der Waals surface area (Å²) in [7, 11) is 1.79. The van der Waals surface area contributed by atoms with E-state index in [0.29, 0.717) is 18.7 Å². The lowest BCUT2D eigenvalue weighted by molar-refractivity contribution is 0.0416. The van der Waals surface area contributed by atoms with E-state index in [-0.39, 0.29) is 6.09 Å². The molecule has 2 unspecified atom stereocenters. The monoisotopic (exact) mass is 286 g/mol. The van der Waals surface area contributed by atoms with Crippen molar-refractivity contribution in [1.29, 1.82) is 0 Å². The molecule has 118 valence electrons. The highest BCUT2D eigenvalue weighted by molar-refractivity contribution is 5.67. The summed E-state index contributed by atoms with van der Waals surface area (Å²) in [6.07, 6.45) is 5.74. The molecule has 0 spiro atoms. The summed E-state index contributed by atoms with van der Waals surface area (Å²) in [5.74, 6) is 0. The maximum Gasteiger partial charge on any atom is 0.407 e. The molecule has 0 saturated heterocycles. The number of nitrogens with one attached hydrogen (secondary N) is 2. The second-order valence-electron chi connectivity index (χ2n) is 6.40.